The van der Waals surface area contributed by atoms with Gasteiger partial charge in [0.15, 0.2) is 5.69 Å². The predicted molar refractivity (Wildman–Crippen MR) is 79.6 cm³/mol. The molecule has 2 N–H and O–H groups in total. The maximum atomic E-state index is 11.9. The van der Waals surface area contributed by atoms with Crippen molar-refractivity contribution in [2.75, 3.05) is 5.32 Å². The number of nitrogens with zero attached hydrogens (tertiary/aromatic N) is 1. The van der Waals surface area contributed by atoms with Crippen LogP contribution in [0.15, 0.2) is 30.3 Å². The van der Waals surface area contributed by atoms with Crippen molar-refractivity contribution >= 4 is 51.6 Å². The van der Waals surface area contributed by atoms with Gasteiger partial charge >= 0.3 is 5.82 Å². The molecular formula is C11H7ClIN3O3. The van der Waals surface area contributed by atoms with E-state index in [2.05, 4.69) is 32.9 Å². The molecule has 0 unspecified atom stereocenters. The van der Waals surface area contributed by atoms with E-state index in [0.717, 1.165) is 3.57 Å². The van der Waals surface area contributed by atoms with Crippen molar-refractivity contribution in [2.24, 2.45) is 0 Å². The molecule has 0 atom stereocenters. The van der Waals surface area contributed by atoms with E-state index in [1.807, 2.05) is 0 Å². The third-order valence-electron chi connectivity index (χ3n) is 2.29. The summed E-state index contributed by atoms with van der Waals surface area (Å²) in [5.41, 5.74) is 0.547. The number of carbonyl (C=O) groups excluding carboxylic acids is 1. The fourth-order valence-corrected chi connectivity index (χ4v) is 2.31. The summed E-state index contributed by atoms with van der Waals surface area (Å²) in [7, 11) is 0. The van der Waals surface area contributed by atoms with Crippen LogP contribution in [0.1, 0.15) is 10.5 Å². The Morgan fingerprint density at radius 2 is 2.11 bits per heavy atom. The second-order valence-corrected chi connectivity index (χ2v) is 5.25. The molecule has 0 aliphatic heterocycles. The van der Waals surface area contributed by atoms with Gasteiger partial charge in [-0.05, 0) is 51.8 Å². The summed E-state index contributed by atoms with van der Waals surface area (Å²) < 4.78 is 0.941. The molecule has 0 aliphatic rings. The fourth-order valence-electron chi connectivity index (χ4n) is 1.40. The molecule has 6 nitrogen and oxygen atoms in total. The van der Waals surface area contributed by atoms with E-state index >= 15 is 0 Å². The number of halogens is 2. The Hall–Kier alpha value is -1.61. The summed E-state index contributed by atoms with van der Waals surface area (Å²) in [6.07, 6.45) is 0. The van der Waals surface area contributed by atoms with Crippen molar-refractivity contribution in [3.63, 3.8) is 0 Å². The second kappa shape index (κ2) is 5.57. The van der Waals surface area contributed by atoms with Crippen molar-refractivity contribution in [1.29, 1.82) is 0 Å². The quantitative estimate of drug-likeness (QED) is 0.477. The number of hydrogen-bond acceptors (Lipinski definition) is 3. The van der Waals surface area contributed by atoms with Crippen molar-refractivity contribution in [3.8, 4) is 0 Å². The Morgan fingerprint density at radius 3 is 2.68 bits per heavy atom. The van der Waals surface area contributed by atoms with Crippen molar-refractivity contribution in [1.82, 2.24) is 4.98 Å². The van der Waals surface area contributed by atoms with Crippen LogP contribution in [0.3, 0.4) is 0 Å². The highest BCUT2D eigenvalue weighted by atomic mass is 127. The summed E-state index contributed by atoms with van der Waals surface area (Å²) in [4.78, 5) is 24.2. The number of amides is 1. The van der Waals surface area contributed by atoms with Gasteiger partial charge in [0.2, 0.25) is 0 Å². The molecule has 0 radical (unpaired) electrons. The van der Waals surface area contributed by atoms with E-state index in [1.54, 1.807) is 18.2 Å². The molecule has 1 amide bonds. The first-order valence-electron chi connectivity index (χ1n) is 5.07. The molecule has 2 aromatic rings. The fraction of sp³-hybridized carbons (Fsp3) is 0. The minimum absolute atomic E-state index is 0.0984. The molecule has 1 aromatic heterocycles. The van der Waals surface area contributed by atoms with E-state index in [4.69, 9.17) is 11.6 Å². The summed E-state index contributed by atoms with van der Waals surface area (Å²) in [5, 5.41) is 13.5. The van der Waals surface area contributed by atoms with Gasteiger partial charge in [-0.25, -0.2) is 4.98 Å². The average Bonchev–Trinajstić information content (AvgIpc) is 2.82. The summed E-state index contributed by atoms with van der Waals surface area (Å²) in [5.74, 6) is -0.727. The van der Waals surface area contributed by atoms with E-state index in [1.165, 1.54) is 12.1 Å². The highest BCUT2D eigenvalue weighted by molar-refractivity contribution is 14.1. The number of anilines is 1. The number of rotatable bonds is 3. The van der Waals surface area contributed by atoms with Gasteiger partial charge in [0, 0.05) is 9.64 Å². The molecule has 0 saturated heterocycles. The van der Waals surface area contributed by atoms with Gasteiger partial charge in [-0.15, -0.1) is 0 Å². The zero-order valence-electron chi connectivity index (χ0n) is 9.31. The van der Waals surface area contributed by atoms with Gasteiger partial charge in [-0.1, -0.05) is 11.6 Å². The molecule has 98 valence electrons. The minimum atomic E-state index is -0.603. The highest BCUT2D eigenvalue weighted by Gasteiger charge is 2.16. The monoisotopic (exact) mass is 391 g/mol. The topological polar surface area (TPSA) is 88.0 Å². The second-order valence-electron chi connectivity index (χ2n) is 3.59. The Labute approximate surface area is 126 Å². The van der Waals surface area contributed by atoms with Crippen LogP contribution >= 0.6 is 34.2 Å². The SMILES string of the molecule is O=C(Nc1ccc(I)cc1Cl)c1ccc([N+](=O)[O-])[nH]1. The van der Waals surface area contributed by atoms with Gasteiger partial charge < -0.3 is 15.4 Å². The van der Waals surface area contributed by atoms with Crippen molar-refractivity contribution in [3.05, 3.63) is 54.7 Å². The zero-order chi connectivity index (χ0) is 14.0. The molecular weight excluding hydrogens is 384 g/mol. The first kappa shape index (κ1) is 13.8. The van der Waals surface area contributed by atoms with Gasteiger partial charge in [-0.3, -0.25) is 4.79 Å². The molecule has 2 rings (SSSR count). The summed E-state index contributed by atoms with van der Waals surface area (Å²) in [6, 6.07) is 7.73. The molecule has 0 saturated carbocycles. The number of aromatic amines is 1. The number of hydrogen-bond donors (Lipinski definition) is 2. The molecule has 1 aromatic carbocycles. The van der Waals surface area contributed by atoms with Crippen LogP contribution in [0.4, 0.5) is 11.5 Å². The number of nitrogens with one attached hydrogen (secondary N) is 2. The van der Waals surface area contributed by atoms with Crippen LogP contribution < -0.4 is 5.32 Å². The van der Waals surface area contributed by atoms with Crippen LogP contribution in [0, 0.1) is 13.7 Å². The van der Waals surface area contributed by atoms with Crippen LogP contribution in [-0.4, -0.2) is 15.8 Å². The standard InChI is InChI=1S/C11H7ClIN3O3/c12-7-5-6(13)1-2-8(7)15-11(17)9-3-4-10(14-9)16(18)19/h1-5,14H,(H,15,17). The molecule has 8 heteroatoms. The third kappa shape index (κ3) is 3.24. The van der Waals surface area contributed by atoms with Crippen molar-refractivity contribution < 1.29 is 9.72 Å². The summed E-state index contributed by atoms with van der Waals surface area (Å²) >= 11 is 8.08. The maximum Gasteiger partial charge on any atom is 0.321 e. The average molecular weight is 392 g/mol. The van der Waals surface area contributed by atoms with E-state index in [0.29, 0.717) is 10.7 Å². The lowest BCUT2D eigenvalue weighted by Gasteiger charge is -2.05. The molecule has 0 fully saturated rings. The summed E-state index contributed by atoms with van der Waals surface area (Å²) in [6.45, 7) is 0. The third-order valence-corrected chi connectivity index (χ3v) is 3.27. The molecule has 0 bridgehead atoms. The lowest BCUT2D eigenvalue weighted by atomic mass is 10.3. The normalized spacial score (nSPS) is 10.2. The first-order valence-corrected chi connectivity index (χ1v) is 6.53. The number of nitro groups is 1. The van der Waals surface area contributed by atoms with Gasteiger partial charge in [-0.2, -0.15) is 0 Å². The molecule has 19 heavy (non-hydrogen) atoms. The Morgan fingerprint density at radius 1 is 1.37 bits per heavy atom. The smallest absolute Gasteiger partial charge is 0.321 e. The number of benzene rings is 1. The van der Waals surface area contributed by atoms with Crippen LogP contribution in [0.2, 0.25) is 5.02 Å². The number of aromatic nitrogens is 1. The lowest BCUT2D eigenvalue weighted by molar-refractivity contribution is -0.389. The minimum Gasteiger partial charge on any atom is -0.358 e. The van der Waals surface area contributed by atoms with E-state index < -0.39 is 10.8 Å². The Kier molecular flexibility index (Phi) is 4.05. The van der Waals surface area contributed by atoms with Crippen LogP contribution in [0.5, 0.6) is 0 Å². The highest BCUT2D eigenvalue weighted by Crippen LogP contribution is 2.24. The van der Waals surface area contributed by atoms with Crippen molar-refractivity contribution in [2.45, 2.75) is 0 Å². The van der Waals surface area contributed by atoms with E-state index in [9.17, 15) is 14.9 Å². The lowest BCUT2D eigenvalue weighted by Crippen LogP contribution is -2.12. The Balaban J connectivity index is 2.18. The number of H-pyrrole nitrogens is 1. The predicted octanol–water partition coefficient (Wildman–Crippen LogP) is 3.43. The van der Waals surface area contributed by atoms with Gasteiger partial charge in [0.1, 0.15) is 0 Å². The van der Waals surface area contributed by atoms with E-state index in [-0.39, 0.29) is 11.5 Å². The molecule has 1 heterocycles. The first-order chi connectivity index (χ1) is 8.97. The van der Waals surface area contributed by atoms with Crippen LogP contribution in [0.25, 0.3) is 0 Å². The van der Waals surface area contributed by atoms with Gasteiger partial charge in [0.25, 0.3) is 5.91 Å². The maximum absolute atomic E-state index is 11.9. The molecule has 0 aliphatic carbocycles. The Bertz CT molecular complexity index is 656. The molecule has 0 spiro atoms. The van der Waals surface area contributed by atoms with Crippen LogP contribution in [-0.2, 0) is 0 Å². The number of carbonyl (C=O) groups is 1. The zero-order valence-corrected chi connectivity index (χ0v) is 12.2. The van der Waals surface area contributed by atoms with Gasteiger partial charge in [0.05, 0.1) is 10.7 Å². The largest absolute Gasteiger partial charge is 0.358 e.